The first-order chi connectivity index (χ1) is 10.7. The monoisotopic (exact) mass is 313 g/mol. The molecule has 2 aromatic heterocycles. The standard InChI is InChI=1S/C16H12FN3OS/c17-13-3-1-2-11(8-13)9-15(21)20-16-19-14(10-22-16)12-4-6-18-7-5-12/h1-8,10H,9H2,(H,19,20,21). The number of aromatic nitrogens is 2. The Labute approximate surface area is 130 Å². The Morgan fingerprint density at radius 2 is 2.05 bits per heavy atom. The summed E-state index contributed by atoms with van der Waals surface area (Å²) < 4.78 is 13.1. The summed E-state index contributed by atoms with van der Waals surface area (Å²) in [4.78, 5) is 20.3. The van der Waals surface area contributed by atoms with Gasteiger partial charge in [0.05, 0.1) is 12.1 Å². The van der Waals surface area contributed by atoms with Gasteiger partial charge in [-0.3, -0.25) is 9.78 Å². The minimum absolute atomic E-state index is 0.113. The fraction of sp³-hybridized carbons (Fsp3) is 0.0625. The zero-order valence-corrected chi connectivity index (χ0v) is 12.3. The number of rotatable bonds is 4. The van der Waals surface area contributed by atoms with Gasteiger partial charge in [-0.15, -0.1) is 11.3 Å². The van der Waals surface area contributed by atoms with E-state index >= 15 is 0 Å². The van der Waals surface area contributed by atoms with Gasteiger partial charge in [-0.05, 0) is 29.8 Å². The number of nitrogens with one attached hydrogen (secondary N) is 1. The van der Waals surface area contributed by atoms with Crippen molar-refractivity contribution in [3.8, 4) is 11.3 Å². The zero-order valence-electron chi connectivity index (χ0n) is 11.5. The average Bonchev–Trinajstić information content (AvgIpc) is 2.96. The minimum Gasteiger partial charge on any atom is -0.302 e. The van der Waals surface area contributed by atoms with Crippen LogP contribution in [0.15, 0.2) is 54.2 Å². The first kappa shape index (κ1) is 14.3. The van der Waals surface area contributed by atoms with E-state index in [1.165, 1.54) is 23.5 Å². The maximum Gasteiger partial charge on any atom is 0.230 e. The second-order valence-corrected chi connectivity index (χ2v) is 5.49. The van der Waals surface area contributed by atoms with Gasteiger partial charge in [-0.1, -0.05) is 12.1 Å². The lowest BCUT2D eigenvalue weighted by molar-refractivity contribution is -0.115. The van der Waals surface area contributed by atoms with Gasteiger partial charge in [-0.25, -0.2) is 9.37 Å². The Hall–Kier alpha value is -2.60. The number of pyridine rings is 1. The lowest BCUT2D eigenvalue weighted by atomic mass is 10.1. The average molecular weight is 313 g/mol. The molecule has 1 aromatic carbocycles. The van der Waals surface area contributed by atoms with Gasteiger partial charge in [0.15, 0.2) is 5.13 Å². The molecule has 0 bridgehead atoms. The topological polar surface area (TPSA) is 54.9 Å². The third kappa shape index (κ3) is 3.53. The van der Waals surface area contributed by atoms with Crippen molar-refractivity contribution in [3.63, 3.8) is 0 Å². The van der Waals surface area contributed by atoms with Crippen molar-refractivity contribution in [2.24, 2.45) is 0 Å². The molecule has 1 amide bonds. The lowest BCUT2D eigenvalue weighted by Gasteiger charge is -2.02. The number of halogens is 1. The van der Waals surface area contributed by atoms with Crippen LogP contribution in [-0.4, -0.2) is 15.9 Å². The van der Waals surface area contributed by atoms with Crippen LogP contribution >= 0.6 is 11.3 Å². The van der Waals surface area contributed by atoms with Crippen molar-refractivity contribution in [2.45, 2.75) is 6.42 Å². The van der Waals surface area contributed by atoms with Crippen LogP contribution in [0.1, 0.15) is 5.56 Å². The highest BCUT2D eigenvalue weighted by atomic mass is 32.1. The van der Waals surface area contributed by atoms with Crippen molar-refractivity contribution in [1.29, 1.82) is 0 Å². The summed E-state index contributed by atoms with van der Waals surface area (Å²) in [6.45, 7) is 0. The van der Waals surface area contributed by atoms with Crippen LogP contribution in [0, 0.1) is 5.82 Å². The molecule has 0 radical (unpaired) electrons. The highest BCUT2D eigenvalue weighted by Gasteiger charge is 2.09. The van der Waals surface area contributed by atoms with E-state index < -0.39 is 0 Å². The molecule has 4 nitrogen and oxygen atoms in total. The SMILES string of the molecule is O=C(Cc1cccc(F)c1)Nc1nc(-c2ccncc2)cs1. The number of anilines is 1. The van der Waals surface area contributed by atoms with Crippen molar-refractivity contribution >= 4 is 22.4 Å². The molecular formula is C16H12FN3OS. The maximum atomic E-state index is 13.1. The van der Waals surface area contributed by atoms with E-state index in [1.54, 1.807) is 24.5 Å². The molecule has 22 heavy (non-hydrogen) atoms. The number of hydrogen-bond donors (Lipinski definition) is 1. The van der Waals surface area contributed by atoms with Gasteiger partial charge in [-0.2, -0.15) is 0 Å². The predicted octanol–water partition coefficient (Wildman–Crippen LogP) is 3.53. The summed E-state index contributed by atoms with van der Waals surface area (Å²) in [5, 5.41) is 5.12. The number of hydrogen-bond acceptors (Lipinski definition) is 4. The highest BCUT2D eigenvalue weighted by Crippen LogP contribution is 2.24. The molecule has 110 valence electrons. The molecule has 2 heterocycles. The first-order valence-corrected chi connectivity index (χ1v) is 7.49. The number of thiazole rings is 1. The maximum absolute atomic E-state index is 13.1. The lowest BCUT2D eigenvalue weighted by Crippen LogP contribution is -2.14. The molecule has 3 aromatic rings. The van der Waals surface area contributed by atoms with Gasteiger partial charge in [0.25, 0.3) is 0 Å². The van der Waals surface area contributed by atoms with E-state index in [9.17, 15) is 9.18 Å². The number of carbonyl (C=O) groups excluding carboxylic acids is 1. The van der Waals surface area contributed by atoms with Crippen LogP contribution in [0.2, 0.25) is 0 Å². The van der Waals surface area contributed by atoms with E-state index in [0.29, 0.717) is 10.7 Å². The molecule has 0 aliphatic rings. The molecule has 0 spiro atoms. The summed E-state index contributed by atoms with van der Waals surface area (Å²) in [7, 11) is 0. The van der Waals surface area contributed by atoms with Crippen molar-refractivity contribution in [2.75, 3.05) is 5.32 Å². The first-order valence-electron chi connectivity index (χ1n) is 6.61. The van der Waals surface area contributed by atoms with Gasteiger partial charge < -0.3 is 5.32 Å². The summed E-state index contributed by atoms with van der Waals surface area (Å²) in [6.07, 6.45) is 3.50. The quantitative estimate of drug-likeness (QED) is 0.801. The van der Waals surface area contributed by atoms with E-state index in [2.05, 4.69) is 15.3 Å². The minimum atomic E-state index is -0.348. The molecule has 3 rings (SSSR count). The summed E-state index contributed by atoms with van der Waals surface area (Å²) in [5.41, 5.74) is 2.36. The Bertz CT molecular complexity index is 789. The Morgan fingerprint density at radius 3 is 2.82 bits per heavy atom. The van der Waals surface area contributed by atoms with Gasteiger partial charge in [0.2, 0.25) is 5.91 Å². The molecule has 1 N–H and O–H groups in total. The van der Waals surface area contributed by atoms with E-state index in [4.69, 9.17) is 0 Å². The second kappa shape index (κ2) is 6.44. The molecule has 0 fully saturated rings. The number of carbonyl (C=O) groups is 1. The third-order valence-corrected chi connectivity index (χ3v) is 3.74. The molecule has 0 aliphatic heterocycles. The largest absolute Gasteiger partial charge is 0.302 e. The molecule has 0 unspecified atom stereocenters. The van der Waals surface area contributed by atoms with Crippen LogP contribution in [0.4, 0.5) is 9.52 Å². The van der Waals surface area contributed by atoms with Crippen LogP contribution in [0.3, 0.4) is 0 Å². The fourth-order valence-electron chi connectivity index (χ4n) is 1.98. The van der Waals surface area contributed by atoms with Crippen LogP contribution in [-0.2, 0) is 11.2 Å². The molecule has 0 aliphatic carbocycles. The van der Waals surface area contributed by atoms with Gasteiger partial charge in [0, 0.05) is 23.3 Å². The molecule has 0 saturated carbocycles. The summed E-state index contributed by atoms with van der Waals surface area (Å²) >= 11 is 1.35. The van der Waals surface area contributed by atoms with E-state index in [1.807, 2.05) is 17.5 Å². The van der Waals surface area contributed by atoms with Crippen molar-refractivity contribution in [3.05, 3.63) is 65.6 Å². The Balaban J connectivity index is 1.66. The Morgan fingerprint density at radius 1 is 1.23 bits per heavy atom. The summed E-state index contributed by atoms with van der Waals surface area (Å²) in [5.74, 6) is -0.569. The van der Waals surface area contributed by atoms with Crippen molar-refractivity contribution < 1.29 is 9.18 Å². The third-order valence-electron chi connectivity index (χ3n) is 2.98. The second-order valence-electron chi connectivity index (χ2n) is 4.63. The Kier molecular flexibility index (Phi) is 4.20. The zero-order chi connectivity index (χ0) is 15.4. The fourth-order valence-corrected chi connectivity index (χ4v) is 2.72. The molecule has 0 saturated heterocycles. The van der Waals surface area contributed by atoms with Crippen LogP contribution in [0.5, 0.6) is 0 Å². The highest BCUT2D eigenvalue weighted by molar-refractivity contribution is 7.14. The number of benzene rings is 1. The molecular weight excluding hydrogens is 301 g/mol. The van der Waals surface area contributed by atoms with E-state index in [0.717, 1.165) is 11.3 Å². The predicted molar refractivity (Wildman–Crippen MR) is 84.1 cm³/mol. The molecule has 6 heteroatoms. The van der Waals surface area contributed by atoms with Gasteiger partial charge in [0.1, 0.15) is 5.82 Å². The van der Waals surface area contributed by atoms with Crippen LogP contribution < -0.4 is 5.32 Å². The smallest absolute Gasteiger partial charge is 0.230 e. The summed E-state index contributed by atoms with van der Waals surface area (Å²) in [6, 6.07) is 9.71. The van der Waals surface area contributed by atoms with E-state index in [-0.39, 0.29) is 18.1 Å². The number of nitrogens with zero attached hydrogens (tertiary/aromatic N) is 2. The number of amides is 1. The normalized spacial score (nSPS) is 10.4. The van der Waals surface area contributed by atoms with Gasteiger partial charge >= 0.3 is 0 Å². The molecule has 0 atom stereocenters. The van der Waals surface area contributed by atoms with Crippen LogP contribution in [0.25, 0.3) is 11.3 Å². The van der Waals surface area contributed by atoms with Crippen molar-refractivity contribution in [1.82, 2.24) is 9.97 Å².